The Labute approximate surface area is 166 Å². The fourth-order valence-corrected chi connectivity index (χ4v) is 3.22. The molecule has 0 saturated heterocycles. The number of amides is 1. The summed E-state index contributed by atoms with van der Waals surface area (Å²) in [5, 5.41) is 6.28. The second-order valence-electron chi connectivity index (χ2n) is 8.08. The number of hydrogen-bond acceptors (Lipinski definition) is 5. The van der Waals surface area contributed by atoms with Gasteiger partial charge in [0.2, 0.25) is 0 Å². The van der Waals surface area contributed by atoms with Gasteiger partial charge in [-0.15, -0.1) is 0 Å². The van der Waals surface area contributed by atoms with Crippen LogP contribution in [0.15, 0.2) is 64.2 Å². The molecule has 1 unspecified atom stereocenters. The van der Waals surface area contributed by atoms with Crippen LogP contribution in [0.2, 0.25) is 0 Å². The van der Waals surface area contributed by atoms with E-state index in [0.717, 1.165) is 36.3 Å². The first-order valence-electron chi connectivity index (χ1n) is 9.69. The zero-order valence-corrected chi connectivity index (χ0v) is 17.0. The molecule has 3 rings (SSSR count). The summed E-state index contributed by atoms with van der Waals surface area (Å²) in [6.45, 7) is 5.51. The van der Waals surface area contributed by atoms with Crippen molar-refractivity contribution < 1.29 is 14.3 Å². The van der Waals surface area contributed by atoms with Crippen molar-refractivity contribution in [3.05, 3.63) is 59.2 Å². The molecule has 3 aliphatic rings. The van der Waals surface area contributed by atoms with Crippen LogP contribution in [0.4, 0.5) is 4.79 Å². The molecule has 0 bridgehead atoms. The van der Waals surface area contributed by atoms with Crippen LogP contribution >= 0.6 is 0 Å². The second-order valence-corrected chi connectivity index (χ2v) is 8.08. The Hall–Kier alpha value is -2.76. The molecule has 6 heteroatoms. The molecule has 1 atom stereocenters. The highest BCUT2D eigenvalue weighted by molar-refractivity contribution is 5.96. The number of rotatable bonds is 3. The van der Waals surface area contributed by atoms with Crippen LogP contribution in [0.1, 0.15) is 46.5 Å². The van der Waals surface area contributed by atoms with E-state index in [1.165, 1.54) is 5.57 Å². The monoisotopic (exact) mass is 383 g/mol. The quantitative estimate of drug-likeness (QED) is 0.764. The Morgan fingerprint density at radius 1 is 1.25 bits per heavy atom. The van der Waals surface area contributed by atoms with Gasteiger partial charge < -0.3 is 14.8 Å². The van der Waals surface area contributed by atoms with E-state index in [1.54, 1.807) is 13.3 Å². The van der Waals surface area contributed by atoms with Gasteiger partial charge in [-0.3, -0.25) is 5.32 Å². The first-order valence-corrected chi connectivity index (χ1v) is 9.69. The molecular formula is C22H29N3O3. The fourth-order valence-electron chi connectivity index (χ4n) is 3.22. The number of ether oxygens (including phenoxy) is 2. The highest BCUT2D eigenvalue weighted by Gasteiger charge is 2.22. The molecule has 2 N–H and O–H groups in total. The third-order valence-corrected chi connectivity index (χ3v) is 4.63. The zero-order valence-electron chi connectivity index (χ0n) is 17.0. The van der Waals surface area contributed by atoms with E-state index in [0.29, 0.717) is 18.3 Å². The molecule has 1 aliphatic carbocycles. The molecule has 0 aromatic carbocycles. The van der Waals surface area contributed by atoms with Crippen molar-refractivity contribution in [3.8, 4) is 0 Å². The number of fused-ring (bicyclic) bond motifs is 1. The maximum absolute atomic E-state index is 11.8. The Morgan fingerprint density at radius 2 is 2.07 bits per heavy atom. The number of alkyl carbamates (subject to hydrolysis) is 1. The lowest BCUT2D eigenvalue weighted by Gasteiger charge is -2.29. The molecule has 0 spiro atoms. The number of amidine groups is 1. The predicted octanol–water partition coefficient (Wildman–Crippen LogP) is 4.25. The largest absolute Gasteiger partial charge is 0.501 e. The van der Waals surface area contributed by atoms with Crippen LogP contribution in [0, 0.1) is 0 Å². The van der Waals surface area contributed by atoms with Gasteiger partial charge in [-0.1, -0.05) is 12.2 Å². The van der Waals surface area contributed by atoms with E-state index in [1.807, 2.05) is 20.8 Å². The molecule has 6 nitrogen and oxygen atoms in total. The van der Waals surface area contributed by atoms with Gasteiger partial charge in [0.05, 0.1) is 18.9 Å². The lowest BCUT2D eigenvalue weighted by molar-refractivity contribution is 0.0562. The Kier molecular flexibility index (Phi) is 6.07. The van der Waals surface area contributed by atoms with Gasteiger partial charge >= 0.3 is 6.09 Å². The zero-order chi connectivity index (χ0) is 20.1. The molecular weight excluding hydrogens is 354 g/mol. The van der Waals surface area contributed by atoms with Crippen LogP contribution in [0.25, 0.3) is 0 Å². The van der Waals surface area contributed by atoms with Crippen molar-refractivity contribution >= 4 is 11.9 Å². The van der Waals surface area contributed by atoms with Crippen molar-refractivity contribution in [2.45, 2.75) is 58.1 Å². The third-order valence-electron chi connectivity index (χ3n) is 4.63. The lowest BCUT2D eigenvalue weighted by Crippen LogP contribution is -2.36. The minimum atomic E-state index is -0.517. The first kappa shape index (κ1) is 20.0. The number of allylic oxidation sites excluding steroid dienone is 6. The van der Waals surface area contributed by atoms with Crippen molar-refractivity contribution in [1.82, 2.24) is 10.6 Å². The standard InChI is InChI=1S/C22H29N3O3/c1-22(2,3)28-21(26)25-20-12-6-15(14-23-20)5-8-17-9-7-16-13-18(27-4)10-11-19(16)24-17/h5,7-9,13-14,19,24H,6,10-12H2,1-4H3,(H,23,25,26)/b8-5+. The van der Waals surface area contributed by atoms with Crippen LogP contribution in [0.3, 0.4) is 0 Å². The van der Waals surface area contributed by atoms with Crippen LogP contribution < -0.4 is 10.6 Å². The van der Waals surface area contributed by atoms with E-state index in [4.69, 9.17) is 9.47 Å². The number of nitrogens with one attached hydrogen (secondary N) is 2. The maximum Gasteiger partial charge on any atom is 0.413 e. The number of hydrogen-bond donors (Lipinski definition) is 2. The molecule has 0 aromatic rings. The number of aliphatic imine (C=N–C) groups is 1. The van der Waals surface area contributed by atoms with Gasteiger partial charge in [0.25, 0.3) is 0 Å². The van der Waals surface area contributed by atoms with Crippen LogP contribution in [-0.2, 0) is 9.47 Å². The van der Waals surface area contributed by atoms with Gasteiger partial charge in [-0.05, 0) is 63.0 Å². The normalized spacial score (nSPS) is 22.0. The van der Waals surface area contributed by atoms with E-state index < -0.39 is 11.7 Å². The van der Waals surface area contributed by atoms with Crippen molar-refractivity contribution in [2.24, 2.45) is 4.99 Å². The molecule has 0 saturated carbocycles. The Bertz CT molecular complexity index is 807. The van der Waals surface area contributed by atoms with E-state index >= 15 is 0 Å². The average Bonchev–Trinajstić information content (AvgIpc) is 2.65. The summed E-state index contributed by atoms with van der Waals surface area (Å²) in [5.41, 5.74) is 2.96. The average molecular weight is 383 g/mol. The molecule has 0 radical (unpaired) electrons. The predicted molar refractivity (Wildman–Crippen MR) is 111 cm³/mol. The Balaban J connectivity index is 1.57. The topological polar surface area (TPSA) is 72.0 Å². The van der Waals surface area contributed by atoms with Gasteiger partial charge in [-0.2, -0.15) is 0 Å². The maximum atomic E-state index is 11.8. The van der Waals surface area contributed by atoms with Crippen molar-refractivity contribution in [3.63, 3.8) is 0 Å². The fraction of sp³-hybridized carbons (Fsp3) is 0.455. The highest BCUT2D eigenvalue weighted by Crippen LogP contribution is 2.27. The number of dihydropyridines is 1. The van der Waals surface area contributed by atoms with Gasteiger partial charge in [0, 0.05) is 24.7 Å². The second kappa shape index (κ2) is 8.50. The highest BCUT2D eigenvalue weighted by atomic mass is 16.6. The minimum absolute atomic E-state index is 0.339. The molecule has 2 heterocycles. The Morgan fingerprint density at radius 3 is 2.75 bits per heavy atom. The van der Waals surface area contributed by atoms with Crippen molar-refractivity contribution in [1.29, 1.82) is 0 Å². The summed E-state index contributed by atoms with van der Waals surface area (Å²) in [6, 6.07) is 0.339. The van der Waals surface area contributed by atoms with Crippen LogP contribution in [0.5, 0.6) is 0 Å². The summed E-state index contributed by atoms with van der Waals surface area (Å²) in [4.78, 5) is 16.2. The van der Waals surface area contributed by atoms with E-state index in [2.05, 4.69) is 46.0 Å². The summed E-state index contributed by atoms with van der Waals surface area (Å²) in [7, 11) is 1.72. The number of methoxy groups -OCH3 is 1. The molecule has 1 amide bonds. The van der Waals surface area contributed by atoms with Gasteiger partial charge in [0.1, 0.15) is 11.4 Å². The number of nitrogens with zero attached hydrogens (tertiary/aromatic N) is 1. The van der Waals surface area contributed by atoms with Crippen LogP contribution in [-0.4, -0.2) is 30.7 Å². The third kappa shape index (κ3) is 5.62. The summed E-state index contributed by atoms with van der Waals surface area (Å²) < 4.78 is 10.6. The summed E-state index contributed by atoms with van der Waals surface area (Å²) in [6.07, 6.45) is 15.3. The molecule has 2 aliphatic heterocycles. The van der Waals surface area contributed by atoms with E-state index in [-0.39, 0.29) is 0 Å². The number of carbonyl (C=O) groups is 1. The summed E-state index contributed by atoms with van der Waals surface area (Å²) in [5.74, 6) is 1.68. The smallest absolute Gasteiger partial charge is 0.413 e. The number of carbonyl (C=O) groups excluding carboxylic acids is 1. The first-order chi connectivity index (χ1) is 13.3. The SMILES string of the molecule is COC1=CC2=CC=C(/C=C/C3=CN=C(NC(=O)OC(C)(C)C)CC3)NC2CC1. The lowest BCUT2D eigenvalue weighted by atomic mass is 9.92. The minimum Gasteiger partial charge on any atom is -0.501 e. The van der Waals surface area contributed by atoms with E-state index in [9.17, 15) is 4.79 Å². The molecule has 150 valence electrons. The molecule has 0 aromatic heterocycles. The molecule has 28 heavy (non-hydrogen) atoms. The summed E-state index contributed by atoms with van der Waals surface area (Å²) >= 11 is 0. The van der Waals surface area contributed by atoms with Gasteiger partial charge in [-0.25, -0.2) is 9.79 Å². The molecule has 0 fully saturated rings. The van der Waals surface area contributed by atoms with Crippen molar-refractivity contribution in [2.75, 3.05) is 7.11 Å². The van der Waals surface area contributed by atoms with Gasteiger partial charge in [0.15, 0.2) is 0 Å².